The van der Waals surface area contributed by atoms with Gasteiger partial charge in [0.05, 0.1) is 11.7 Å². The highest BCUT2D eigenvalue weighted by Crippen LogP contribution is 2.30. The molecule has 2 rings (SSSR count). The molecule has 1 aliphatic heterocycles. The fourth-order valence-electron chi connectivity index (χ4n) is 2.25. The van der Waals surface area contributed by atoms with Crippen LogP contribution in [0.4, 0.5) is 0 Å². The van der Waals surface area contributed by atoms with Gasteiger partial charge in [-0.1, -0.05) is 6.42 Å². The summed E-state index contributed by atoms with van der Waals surface area (Å²) >= 11 is 0. The molecule has 0 spiro atoms. The van der Waals surface area contributed by atoms with Crippen molar-refractivity contribution in [2.75, 3.05) is 18.8 Å². The van der Waals surface area contributed by atoms with Crippen LogP contribution in [0.5, 0.6) is 0 Å². The van der Waals surface area contributed by atoms with Crippen molar-refractivity contribution in [1.82, 2.24) is 4.31 Å². The molecule has 0 amide bonds. The van der Waals surface area contributed by atoms with Crippen LogP contribution in [0.3, 0.4) is 0 Å². The summed E-state index contributed by atoms with van der Waals surface area (Å²) in [6, 6.07) is 0. The van der Waals surface area contributed by atoms with E-state index in [1.807, 2.05) is 0 Å². The first-order valence-corrected chi connectivity index (χ1v) is 7.30. The predicted molar refractivity (Wildman–Crippen MR) is 58.4 cm³/mol. The van der Waals surface area contributed by atoms with E-state index in [9.17, 15) is 13.2 Å². The Balaban J connectivity index is 1.94. The largest absolute Gasteiger partial charge is 0.481 e. The van der Waals surface area contributed by atoms with Gasteiger partial charge in [-0.15, -0.1) is 0 Å². The number of carboxylic acids is 1. The lowest BCUT2D eigenvalue weighted by atomic mass is 9.87. The van der Waals surface area contributed by atoms with Crippen LogP contribution in [0.1, 0.15) is 25.7 Å². The predicted octanol–water partition coefficient (Wildman–Crippen LogP) is 0.523. The van der Waals surface area contributed by atoms with Gasteiger partial charge in [0.2, 0.25) is 10.0 Å². The van der Waals surface area contributed by atoms with Gasteiger partial charge in [-0.2, -0.15) is 0 Å². The Morgan fingerprint density at radius 3 is 2.44 bits per heavy atom. The van der Waals surface area contributed by atoms with E-state index in [0.717, 1.165) is 19.3 Å². The number of hydrogen-bond acceptors (Lipinski definition) is 3. The molecule has 16 heavy (non-hydrogen) atoms. The van der Waals surface area contributed by atoms with Crippen molar-refractivity contribution in [3.8, 4) is 0 Å². The Morgan fingerprint density at radius 1 is 1.31 bits per heavy atom. The summed E-state index contributed by atoms with van der Waals surface area (Å²) in [6.45, 7) is 0.524. The van der Waals surface area contributed by atoms with Gasteiger partial charge < -0.3 is 5.11 Å². The molecular formula is C10H17NO4S. The molecule has 1 heterocycles. The third-order valence-electron chi connectivity index (χ3n) is 3.56. The second-order valence-corrected chi connectivity index (χ2v) is 6.77. The molecule has 5 nitrogen and oxygen atoms in total. The molecule has 0 aromatic carbocycles. The van der Waals surface area contributed by atoms with Crippen molar-refractivity contribution in [2.45, 2.75) is 25.7 Å². The number of nitrogens with zero attached hydrogens (tertiary/aromatic N) is 1. The lowest BCUT2D eigenvalue weighted by Gasteiger charge is -2.27. The highest BCUT2D eigenvalue weighted by atomic mass is 32.2. The van der Waals surface area contributed by atoms with E-state index < -0.39 is 21.9 Å². The van der Waals surface area contributed by atoms with Gasteiger partial charge in [-0.05, 0) is 25.2 Å². The quantitative estimate of drug-likeness (QED) is 0.786. The van der Waals surface area contributed by atoms with Crippen molar-refractivity contribution in [1.29, 1.82) is 0 Å². The maximum absolute atomic E-state index is 11.9. The zero-order chi connectivity index (χ0) is 11.8. The number of rotatable bonds is 4. The number of hydrogen-bond donors (Lipinski definition) is 1. The lowest BCUT2D eigenvalue weighted by molar-refractivity contribution is -0.141. The molecule has 1 aliphatic carbocycles. The second-order valence-electron chi connectivity index (χ2n) is 4.76. The first-order valence-electron chi connectivity index (χ1n) is 5.69. The zero-order valence-electron chi connectivity index (χ0n) is 9.13. The Kier molecular flexibility index (Phi) is 3.21. The molecule has 0 aromatic rings. The van der Waals surface area contributed by atoms with Crippen LogP contribution in [0.15, 0.2) is 0 Å². The average molecular weight is 247 g/mol. The minimum absolute atomic E-state index is 0.157. The number of carboxylic acid groups (broad SMARTS) is 1. The average Bonchev–Trinajstić information content (AvgIpc) is 2.61. The molecule has 2 aliphatic rings. The van der Waals surface area contributed by atoms with Crippen molar-refractivity contribution in [3.63, 3.8) is 0 Å². The first-order chi connectivity index (χ1) is 7.49. The fraction of sp³-hybridized carbons (Fsp3) is 0.900. The standard InChI is InChI=1S/C10H17NO4S/c12-10(13)9-4-5-11(6-9)16(14,15)7-8-2-1-3-8/h8-9H,1-7H2,(H,12,13). The maximum Gasteiger partial charge on any atom is 0.307 e. The summed E-state index contributed by atoms with van der Waals surface area (Å²) in [5.41, 5.74) is 0. The molecule has 1 unspecified atom stereocenters. The van der Waals surface area contributed by atoms with Crippen molar-refractivity contribution < 1.29 is 18.3 Å². The third-order valence-corrected chi connectivity index (χ3v) is 5.58. The molecule has 1 saturated heterocycles. The summed E-state index contributed by atoms with van der Waals surface area (Å²) in [5.74, 6) is -0.898. The van der Waals surface area contributed by atoms with Gasteiger partial charge in [0.15, 0.2) is 0 Å². The molecule has 92 valence electrons. The molecule has 1 atom stereocenters. The van der Waals surface area contributed by atoms with Crippen LogP contribution >= 0.6 is 0 Å². The van der Waals surface area contributed by atoms with Crippen LogP contribution in [0.25, 0.3) is 0 Å². The molecule has 2 fully saturated rings. The van der Waals surface area contributed by atoms with E-state index in [-0.39, 0.29) is 12.3 Å². The fourth-order valence-corrected chi connectivity index (χ4v) is 4.18. The zero-order valence-corrected chi connectivity index (χ0v) is 9.95. The van der Waals surface area contributed by atoms with E-state index in [1.165, 1.54) is 4.31 Å². The van der Waals surface area contributed by atoms with E-state index in [2.05, 4.69) is 0 Å². The number of aliphatic carboxylic acids is 1. The summed E-state index contributed by atoms with van der Waals surface area (Å²) in [6.07, 6.45) is 3.56. The molecule has 0 aromatic heterocycles. The Labute approximate surface area is 95.5 Å². The molecule has 0 radical (unpaired) electrons. The highest BCUT2D eigenvalue weighted by molar-refractivity contribution is 7.89. The summed E-state index contributed by atoms with van der Waals surface area (Å²) in [5, 5.41) is 8.81. The summed E-state index contributed by atoms with van der Waals surface area (Å²) in [7, 11) is -3.22. The molecule has 1 N–H and O–H groups in total. The van der Waals surface area contributed by atoms with Crippen LogP contribution in [-0.2, 0) is 14.8 Å². The molecule has 1 saturated carbocycles. The van der Waals surface area contributed by atoms with Crippen molar-refractivity contribution >= 4 is 16.0 Å². The minimum Gasteiger partial charge on any atom is -0.481 e. The normalized spacial score (nSPS) is 27.9. The van der Waals surface area contributed by atoms with E-state index >= 15 is 0 Å². The van der Waals surface area contributed by atoms with Gasteiger partial charge in [-0.3, -0.25) is 4.79 Å². The van der Waals surface area contributed by atoms with Gasteiger partial charge >= 0.3 is 5.97 Å². The SMILES string of the molecule is O=C(O)C1CCN(S(=O)(=O)CC2CCC2)C1. The molecular weight excluding hydrogens is 230 g/mol. The van der Waals surface area contributed by atoms with E-state index in [1.54, 1.807) is 0 Å². The second kappa shape index (κ2) is 4.33. The smallest absolute Gasteiger partial charge is 0.307 e. The highest BCUT2D eigenvalue weighted by Gasteiger charge is 2.36. The monoisotopic (exact) mass is 247 g/mol. The number of carbonyl (C=O) groups is 1. The van der Waals surface area contributed by atoms with Crippen LogP contribution in [0.2, 0.25) is 0 Å². The van der Waals surface area contributed by atoms with Gasteiger partial charge in [0.25, 0.3) is 0 Å². The van der Waals surface area contributed by atoms with Gasteiger partial charge in [0, 0.05) is 13.1 Å². The van der Waals surface area contributed by atoms with Crippen LogP contribution in [0, 0.1) is 11.8 Å². The molecule has 0 bridgehead atoms. The Bertz CT molecular complexity index is 374. The van der Waals surface area contributed by atoms with Crippen molar-refractivity contribution in [3.05, 3.63) is 0 Å². The molecule has 6 heteroatoms. The minimum atomic E-state index is -3.22. The Hall–Kier alpha value is -0.620. The maximum atomic E-state index is 11.9. The Morgan fingerprint density at radius 2 is 2.00 bits per heavy atom. The van der Waals surface area contributed by atoms with Crippen LogP contribution in [-0.4, -0.2) is 42.6 Å². The van der Waals surface area contributed by atoms with Crippen molar-refractivity contribution in [2.24, 2.45) is 11.8 Å². The number of sulfonamides is 1. The summed E-state index contributed by atoms with van der Waals surface area (Å²) in [4.78, 5) is 10.7. The third kappa shape index (κ3) is 2.38. The van der Waals surface area contributed by atoms with E-state index in [4.69, 9.17) is 5.11 Å². The first kappa shape index (κ1) is 11.9. The topological polar surface area (TPSA) is 74.7 Å². The van der Waals surface area contributed by atoms with Gasteiger partial charge in [-0.25, -0.2) is 12.7 Å². The van der Waals surface area contributed by atoms with E-state index in [0.29, 0.717) is 18.9 Å². The van der Waals surface area contributed by atoms with Gasteiger partial charge in [0.1, 0.15) is 0 Å². The van der Waals surface area contributed by atoms with Crippen LogP contribution < -0.4 is 0 Å². The summed E-state index contributed by atoms with van der Waals surface area (Å²) < 4.78 is 25.2. The lowest BCUT2D eigenvalue weighted by Crippen LogP contribution is -2.35.